The van der Waals surface area contributed by atoms with E-state index < -0.39 is 5.91 Å². The molecule has 0 unspecified atom stereocenters. The third-order valence-electron chi connectivity index (χ3n) is 1.55. The largest absolute Gasteiger partial charge is 0.482 e. The predicted octanol–water partition coefficient (Wildman–Crippen LogP) is 0.497. The van der Waals surface area contributed by atoms with E-state index in [1.807, 2.05) is 0 Å². The van der Waals surface area contributed by atoms with Crippen LogP contribution in [0.5, 0.6) is 5.75 Å². The van der Waals surface area contributed by atoms with Gasteiger partial charge >= 0.3 is 0 Å². The van der Waals surface area contributed by atoms with E-state index in [1.165, 1.54) is 6.21 Å². The van der Waals surface area contributed by atoms with Crippen molar-refractivity contribution in [3.05, 3.63) is 28.8 Å². The lowest BCUT2D eigenvalue weighted by atomic mass is 10.2. The van der Waals surface area contributed by atoms with Crippen molar-refractivity contribution in [3.63, 3.8) is 0 Å². The molecule has 0 heterocycles. The molecule has 80 valence electrons. The Hall–Kier alpha value is -1.75. The highest BCUT2D eigenvalue weighted by Gasteiger charge is 2.03. The zero-order valence-corrected chi connectivity index (χ0v) is 8.57. The zero-order chi connectivity index (χ0) is 11.3. The van der Waals surface area contributed by atoms with Gasteiger partial charge in [-0.1, -0.05) is 11.6 Å². The summed E-state index contributed by atoms with van der Waals surface area (Å²) in [6.07, 6.45) is 1.45. The van der Waals surface area contributed by atoms with Gasteiger partial charge in [-0.05, 0) is 23.8 Å². The second kappa shape index (κ2) is 5.21. The molecule has 0 saturated carbocycles. The van der Waals surface area contributed by atoms with Crippen molar-refractivity contribution < 1.29 is 9.53 Å². The first-order valence-corrected chi connectivity index (χ1v) is 4.45. The van der Waals surface area contributed by atoms with Crippen LogP contribution in [0.25, 0.3) is 0 Å². The van der Waals surface area contributed by atoms with Crippen molar-refractivity contribution in [2.24, 2.45) is 16.7 Å². The Kier molecular flexibility index (Phi) is 3.93. The molecule has 0 aliphatic carbocycles. The van der Waals surface area contributed by atoms with E-state index in [4.69, 9.17) is 27.9 Å². The van der Waals surface area contributed by atoms with Crippen molar-refractivity contribution in [1.29, 1.82) is 0 Å². The normalized spacial score (nSPS) is 10.5. The fourth-order valence-corrected chi connectivity index (χ4v) is 1.19. The zero-order valence-electron chi connectivity index (χ0n) is 7.81. The second-order valence-electron chi connectivity index (χ2n) is 2.72. The number of carbonyl (C=O) groups is 1. The van der Waals surface area contributed by atoms with Crippen LogP contribution in [0.1, 0.15) is 5.56 Å². The maximum absolute atomic E-state index is 10.5. The SMILES string of the molecule is NN=Cc1ccc(OCC(N)=O)c(Cl)c1. The van der Waals surface area contributed by atoms with Gasteiger partial charge in [-0.15, -0.1) is 0 Å². The fourth-order valence-electron chi connectivity index (χ4n) is 0.949. The van der Waals surface area contributed by atoms with Crippen molar-refractivity contribution in [3.8, 4) is 5.75 Å². The Morgan fingerprint density at radius 2 is 2.33 bits per heavy atom. The number of carbonyl (C=O) groups excluding carboxylic acids is 1. The number of nitrogens with two attached hydrogens (primary N) is 2. The first kappa shape index (κ1) is 11.3. The van der Waals surface area contributed by atoms with Crippen molar-refractivity contribution >= 4 is 23.7 Å². The fraction of sp³-hybridized carbons (Fsp3) is 0.111. The van der Waals surface area contributed by atoms with Crippen LogP contribution < -0.4 is 16.3 Å². The molecule has 4 N–H and O–H groups in total. The average Bonchev–Trinajstić information content (AvgIpc) is 2.17. The summed E-state index contributed by atoms with van der Waals surface area (Å²) in [5.41, 5.74) is 5.67. The van der Waals surface area contributed by atoms with Gasteiger partial charge in [-0.25, -0.2) is 0 Å². The Labute approximate surface area is 91.6 Å². The number of primary amides is 1. The summed E-state index contributed by atoms with van der Waals surface area (Å²) in [6, 6.07) is 4.94. The van der Waals surface area contributed by atoms with E-state index in [-0.39, 0.29) is 6.61 Å². The van der Waals surface area contributed by atoms with Crippen LogP contribution in [0.4, 0.5) is 0 Å². The topological polar surface area (TPSA) is 90.7 Å². The lowest BCUT2D eigenvalue weighted by Gasteiger charge is -2.05. The summed E-state index contributed by atoms with van der Waals surface area (Å²) in [5, 5.41) is 3.72. The molecule has 0 saturated heterocycles. The number of hydrogen-bond donors (Lipinski definition) is 2. The molecule has 6 heteroatoms. The molecule has 0 atom stereocenters. The maximum Gasteiger partial charge on any atom is 0.255 e. The van der Waals surface area contributed by atoms with Crippen LogP contribution in [0.3, 0.4) is 0 Å². The lowest BCUT2D eigenvalue weighted by molar-refractivity contribution is -0.119. The Balaban J connectivity index is 2.78. The Bertz CT molecular complexity index is 393. The van der Waals surface area contributed by atoms with Crippen molar-refractivity contribution in [2.45, 2.75) is 0 Å². The first-order chi connectivity index (χ1) is 7.13. The highest BCUT2D eigenvalue weighted by atomic mass is 35.5. The monoisotopic (exact) mass is 227 g/mol. The molecule has 0 aliphatic heterocycles. The van der Waals surface area contributed by atoms with Gasteiger partial charge in [0.2, 0.25) is 0 Å². The van der Waals surface area contributed by atoms with Crippen LogP contribution in [-0.2, 0) is 4.79 Å². The van der Waals surface area contributed by atoms with Crippen molar-refractivity contribution in [1.82, 2.24) is 0 Å². The summed E-state index contributed by atoms with van der Waals surface area (Å²) in [4.78, 5) is 10.5. The number of halogens is 1. The summed E-state index contributed by atoms with van der Waals surface area (Å²) < 4.78 is 5.05. The minimum Gasteiger partial charge on any atom is -0.482 e. The third-order valence-corrected chi connectivity index (χ3v) is 1.84. The van der Waals surface area contributed by atoms with E-state index in [0.717, 1.165) is 5.56 Å². The Morgan fingerprint density at radius 3 is 2.87 bits per heavy atom. The van der Waals surface area contributed by atoms with Crippen LogP contribution >= 0.6 is 11.6 Å². The van der Waals surface area contributed by atoms with E-state index in [2.05, 4.69) is 5.10 Å². The molecule has 1 amide bonds. The van der Waals surface area contributed by atoms with E-state index in [0.29, 0.717) is 10.8 Å². The summed E-state index contributed by atoms with van der Waals surface area (Å²) >= 11 is 5.87. The average molecular weight is 228 g/mol. The lowest BCUT2D eigenvalue weighted by Crippen LogP contribution is -2.20. The molecule has 0 fully saturated rings. The number of nitrogens with zero attached hydrogens (tertiary/aromatic N) is 1. The number of rotatable bonds is 4. The molecule has 1 aromatic rings. The first-order valence-electron chi connectivity index (χ1n) is 4.07. The summed E-state index contributed by atoms with van der Waals surface area (Å²) in [6.45, 7) is -0.204. The van der Waals surface area contributed by atoms with Crippen LogP contribution in [0.15, 0.2) is 23.3 Å². The van der Waals surface area contributed by atoms with Gasteiger partial charge in [-0.3, -0.25) is 4.79 Å². The predicted molar refractivity (Wildman–Crippen MR) is 57.9 cm³/mol. The van der Waals surface area contributed by atoms with Gasteiger partial charge in [0.25, 0.3) is 5.91 Å². The highest BCUT2D eigenvalue weighted by Crippen LogP contribution is 2.24. The van der Waals surface area contributed by atoms with Gasteiger partial charge in [0.15, 0.2) is 6.61 Å². The highest BCUT2D eigenvalue weighted by molar-refractivity contribution is 6.32. The smallest absolute Gasteiger partial charge is 0.255 e. The molecule has 1 aromatic carbocycles. The maximum atomic E-state index is 10.5. The van der Waals surface area contributed by atoms with Gasteiger partial charge < -0.3 is 16.3 Å². The molecular weight excluding hydrogens is 218 g/mol. The van der Waals surface area contributed by atoms with Gasteiger partial charge in [0, 0.05) is 0 Å². The van der Waals surface area contributed by atoms with Crippen molar-refractivity contribution in [2.75, 3.05) is 6.61 Å². The number of ether oxygens (including phenoxy) is 1. The number of hydrazone groups is 1. The van der Waals surface area contributed by atoms with E-state index in [1.54, 1.807) is 18.2 Å². The molecule has 15 heavy (non-hydrogen) atoms. The standard InChI is InChI=1S/C9H10ClN3O2/c10-7-3-6(4-13-12)1-2-8(7)15-5-9(11)14/h1-4H,5,12H2,(H2,11,14). The van der Waals surface area contributed by atoms with Gasteiger partial charge in [0.05, 0.1) is 11.2 Å². The van der Waals surface area contributed by atoms with E-state index in [9.17, 15) is 4.79 Å². The molecule has 0 spiro atoms. The van der Waals surface area contributed by atoms with Crippen LogP contribution in [-0.4, -0.2) is 18.7 Å². The summed E-state index contributed by atoms with van der Waals surface area (Å²) in [7, 11) is 0. The van der Waals surface area contributed by atoms with Gasteiger partial charge in [0.1, 0.15) is 5.75 Å². The molecule has 5 nitrogen and oxygen atoms in total. The number of hydrogen-bond acceptors (Lipinski definition) is 4. The van der Waals surface area contributed by atoms with Gasteiger partial charge in [-0.2, -0.15) is 5.10 Å². The number of benzene rings is 1. The Morgan fingerprint density at radius 1 is 1.60 bits per heavy atom. The third kappa shape index (κ3) is 3.47. The molecule has 1 rings (SSSR count). The molecular formula is C9H10ClN3O2. The van der Waals surface area contributed by atoms with E-state index >= 15 is 0 Å². The number of amides is 1. The summed E-state index contributed by atoms with van der Waals surface area (Å²) in [5.74, 6) is 4.82. The molecule has 0 aliphatic rings. The molecule has 0 radical (unpaired) electrons. The quantitative estimate of drug-likeness (QED) is 0.446. The van der Waals surface area contributed by atoms with Crippen LogP contribution in [0.2, 0.25) is 5.02 Å². The minimum absolute atomic E-state index is 0.204. The minimum atomic E-state index is -0.557. The molecule has 0 bridgehead atoms. The molecule has 0 aromatic heterocycles. The van der Waals surface area contributed by atoms with Crippen LogP contribution in [0, 0.1) is 0 Å². The second-order valence-corrected chi connectivity index (χ2v) is 3.13.